The molecule has 0 bridgehead atoms. The van der Waals surface area contributed by atoms with Gasteiger partial charge in [0.1, 0.15) is 17.0 Å². The van der Waals surface area contributed by atoms with E-state index in [-0.39, 0.29) is 37.4 Å². The van der Waals surface area contributed by atoms with Crippen LogP contribution >= 0.6 is 0 Å². The van der Waals surface area contributed by atoms with Crippen LogP contribution in [-0.4, -0.2) is 45.6 Å². The van der Waals surface area contributed by atoms with E-state index in [4.69, 9.17) is 4.74 Å². The van der Waals surface area contributed by atoms with E-state index in [1.54, 1.807) is 13.8 Å². The van der Waals surface area contributed by atoms with Crippen LogP contribution in [0.4, 0.5) is 0 Å². The highest BCUT2D eigenvalue weighted by molar-refractivity contribution is 5.95. The predicted octanol–water partition coefficient (Wildman–Crippen LogP) is 1.55. The number of hydrogen-bond donors (Lipinski definition) is 2. The van der Waals surface area contributed by atoms with Crippen LogP contribution in [0.3, 0.4) is 0 Å². The Morgan fingerprint density at radius 1 is 1.19 bits per heavy atom. The molecule has 2 N–H and O–H groups in total. The maximum absolute atomic E-state index is 13.1. The molecule has 0 saturated heterocycles. The van der Waals surface area contributed by atoms with Gasteiger partial charge in [-0.25, -0.2) is 0 Å². The molecule has 0 radical (unpaired) electrons. The fraction of sp³-hybridized carbons (Fsp3) is 0.850. The second-order valence-corrected chi connectivity index (χ2v) is 9.02. The van der Waals surface area contributed by atoms with Gasteiger partial charge < -0.3 is 14.9 Å². The van der Waals surface area contributed by atoms with Crippen molar-refractivity contribution in [2.75, 3.05) is 6.61 Å². The zero-order valence-electron chi connectivity index (χ0n) is 15.5. The zero-order valence-corrected chi connectivity index (χ0v) is 15.5. The smallest absolute Gasteiger partial charge is 0.315 e. The lowest BCUT2D eigenvalue weighted by Gasteiger charge is -2.60. The first-order valence-corrected chi connectivity index (χ1v) is 9.84. The van der Waals surface area contributed by atoms with Crippen LogP contribution in [0.25, 0.3) is 0 Å². The van der Waals surface area contributed by atoms with E-state index in [1.165, 1.54) is 0 Å². The molecule has 26 heavy (non-hydrogen) atoms. The van der Waals surface area contributed by atoms with Crippen molar-refractivity contribution in [1.29, 1.82) is 0 Å². The third-order valence-corrected chi connectivity index (χ3v) is 8.25. The quantitative estimate of drug-likeness (QED) is 0.721. The van der Waals surface area contributed by atoms with Crippen molar-refractivity contribution in [1.82, 2.24) is 0 Å². The maximum Gasteiger partial charge on any atom is 0.315 e. The molecule has 4 rings (SSSR count). The lowest BCUT2D eigenvalue weighted by atomic mass is 9.44. The minimum absolute atomic E-state index is 0.00342. The van der Waals surface area contributed by atoms with Crippen molar-refractivity contribution in [3.63, 3.8) is 0 Å². The van der Waals surface area contributed by atoms with Crippen molar-refractivity contribution < 1.29 is 29.3 Å². The van der Waals surface area contributed by atoms with Gasteiger partial charge in [-0.15, -0.1) is 0 Å². The first-order valence-electron chi connectivity index (χ1n) is 9.84. The SMILES string of the molecule is CCOC(=O)[C@@]12CCC[C@]1(O)CC(=O)[C@H]1[C@H]2CC[C@]2(C)C(=O)CC[C@]12O. The minimum atomic E-state index is -1.42. The molecule has 6 heteroatoms. The monoisotopic (exact) mass is 364 g/mol. The van der Waals surface area contributed by atoms with Crippen LogP contribution in [0.1, 0.15) is 65.2 Å². The van der Waals surface area contributed by atoms with Gasteiger partial charge in [-0.05, 0) is 58.3 Å². The van der Waals surface area contributed by atoms with Gasteiger partial charge in [-0.3, -0.25) is 14.4 Å². The van der Waals surface area contributed by atoms with Crippen molar-refractivity contribution in [3.05, 3.63) is 0 Å². The summed E-state index contributed by atoms with van der Waals surface area (Å²) < 4.78 is 5.37. The van der Waals surface area contributed by atoms with Gasteiger partial charge in [-0.1, -0.05) is 0 Å². The molecule has 6 nitrogen and oxygen atoms in total. The van der Waals surface area contributed by atoms with E-state index in [1.807, 2.05) is 0 Å². The Hall–Kier alpha value is -1.27. The number of ether oxygens (including phenoxy) is 1. The molecule has 4 aliphatic rings. The van der Waals surface area contributed by atoms with E-state index in [2.05, 4.69) is 0 Å². The number of fused-ring (bicyclic) bond motifs is 5. The van der Waals surface area contributed by atoms with Gasteiger partial charge in [0.25, 0.3) is 0 Å². The highest BCUT2D eigenvalue weighted by Gasteiger charge is 2.76. The van der Waals surface area contributed by atoms with Crippen molar-refractivity contribution in [2.24, 2.45) is 22.7 Å². The number of Topliss-reactive ketones (excluding diaryl/α,β-unsaturated/α-hetero) is 2. The van der Waals surface area contributed by atoms with Crippen LogP contribution in [0.2, 0.25) is 0 Å². The molecule has 0 unspecified atom stereocenters. The van der Waals surface area contributed by atoms with Crippen LogP contribution in [0.15, 0.2) is 0 Å². The molecular weight excluding hydrogens is 336 g/mol. The molecular formula is C20H28O6. The van der Waals surface area contributed by atoms with E-state index in [9.17, 15) is 24.6 Å². The van der Waals surface area contributed by atoms with Gasteiger partial charge >= 0.3 is 5.97 Å². The third-order valence-electron chi connectivity index (χ3n) is 8.25. The van der Waals surface area contributed by atoms with Gasteiger partial charge in [0.15, 0.2) is 0 Å². The number of rotatable bonds is 2. The summed E-state index contributed by atoms with van der Waals surface area (Å²) in [6.45, 7) is 3.70. The van der Waals surface area contributed by atoms with Gasteiger partial charge in [0.05, 0.1) is 29.1 Å². The molecule has 144 valence electrons. The Morgan fingerprint density at radius 2 is 1.92 bits per heavy atom. The number of ketones is 2. The highest BCUT2D eigenvalue weighted by atomic mass is 16.5. The van der Waals surface area contributed by atoms with E-state index < -0.39 is 39.8 Å². The van der Waals surface area contributed by atoms with Crippen molar-refractivity contribution in [2.45, 2.75) is 76.4 Å². The molecule has 4 fully saturated rings. The summed E-state index contributed by atoms with van der Waals surface area (Å²) in [6.07, 6.45) is 2.82. The Bertz CT molecular complexity index is 688. The van der Waals surface area contributed by atoms with Crippen molar-refractivity contribution >= 4 is 17.5 Å². The van der Waals surface area contributed by atoms with Crippen LogP contribution < -0.4 is 0 Å². The molecule has 4 aliphatic carbocycles. The number of carbonyl (C=O) groups excluding carboxylic acids is 3. The molecule has 0 spiro atoms. The second kappa shape index (κ2) is 5.38. The summed E-state index contributed by atoms with van der Waals surface area (Å²) in [4.78, 5) is 38.7. The number of aliphatic hydroxyl groups is 2. The molecule has 0 aliphatic heterocycles. The average molecular weight is 364 g/mol. The number of hydrogen-bond acceptors (Lipinski definition) is 6. The fourth-order valence-electron chi connectivity index (χ4n) is 6.91. The van der Waals surface area contributed by atoms with Crippen molar-refractivity contribution in [3.8, 4) is 0 Å². The first-order chi connectivity index (χ1) is 12.2. The summed E-state index contributed by atoms with van der Waals surface area (Å²) >= 11 is 0. The Morgan fingerprint density at radius 3 is 2.62 bits per heavy atom. The van der Waals surface area contributed by atoms with Gasteiger partial charge in [0.2, 0.25) is 0 Å². The summed E-state index contributed by atoms with van der Waals surface area (Å²) in [5, 5.41) is 22.9. The predicted molar refractivity (Wildman–Crippen MR) is 91.0 cm³/mol. The van der Waals surface area contributed by atoms with Gasteiger partial charge in [-0.2, -0.15) is 0 Å². The van der Waals surface area contributed by atoms with Gasteiger partial charge in [0, 0.05) is 12.8 Å². The normalized spacial score (nSPS) is 50.2. The fourth-order valence-corrected chi connectivity index (χ4v) is 6.91. The third kappa shape index (κ3) is 1.82. The Balaban J connectivity index is 1.85. The van der Waals surface area contributed by atoms with E-state index >= 15 is 0 Å². The molecule has 6 atom stereocenters. The maximum atomic E-state index is 13.1. The topological polar surface area (TPSA) is 101 Å². The number of carbonyl (C=O) groups is 3. The summed E-state index contributed by atoms with van der Waals surface area (Å²) in [5.74, 6) is -1.90. The van der Waals surface area contributed by atoms with Crippen LogP contribution in [-0.2, 0) is 19.1 Å². The lowest BCUT2D eigenvalue weighted by molar-refractivity contribution is -0.226. The minimum Gasteiger partial charge on any atom is -0.465 e. The summed E-state index contributed by atoms with van der Waals surface area (Å²) in [7, 11) is 0. The van der Waals surface area contributed by atoms with Crippen LogP contribution in [0.5, 0.6) is 0 Å². The molecule has 0 aromatic rings. The second-order valence-electron chi connectivity index (χ2n) is 9.02. The summed E-state index contributed by atoms with van der Waals surface area (Å²) in [6, 6.07) is 0. The number of esters is 1. The standard InChI is InChI=1S/C20H28O6/c1-3-26-16(23)19-8-4-7-18(19,24)11-13(21)15-12(19)5-9-17(2)14(22)6-10-20(15,17)25/h12,15,24-25H,3-11H2,1-2H3/t12-,15-,17-,18+,19+,20+/m1/s1. The molecule has 0 heterocycles. The first kappa shape index (κ1) is 18.1. The largest absolute Gasteiger partial charge is 0.465 e. The lowest BCUT2D eigenvalue weighted by Crippen LogP contribution is -2.70. The average Bonchev–Trinajstić information content (AvgIpc) is 3.04. The van der Waals surface area contributed by atoms with E-state index in [0.717, 1.165) is 0 Å². The molecule has 0 amide bonds. The van der Waals surface area contributed by atoms with Crippen LogP contribution in [0, 0.1) is 22.7 Å². The molecule has 4 saturated carbocycles. The Labute approximate surface area is 153 Å². The molecule has 0 aromatic carbocycles. The summed E-state index contributed by atoms with van der Waals surface area (Å²) in [5.41, 5.74) is -4.91. The Kier molecular flexibility index (Phi) is 3.75. The zero-order chi connectivity index (χ0) is 19.0. The van der Waals surface area contributed by atoms with E-state index in [0.29, 0.717) is 32.1 Å². The highest BCUT2D eigenvalue weighted by Crippen LogP contribution is 2.68. The molecule has 0 aromatic heterocycles.